The van der Waals surface area contributed by atoms with Crippen LogP contribution in [0, 0.1) is 0 Å². The molecule has 2 N–H and O–H groups in total. The van der Waals surface area contributed by atoms with Crippen molar-refractivity contribution in [1.82, 2.24) is 14.5 Å². The smallest absolute Gasteiger partial charge is 0.141 e. The van der Waals surface area contributed by atoms with Gasteiger partial charge in [0, 0.05) is 31.7 Å². The molecular formula is C26H28N4. The van der Waals surface area contributed by atoms with E-state index in [1.807, 2.05) is 6.07 Å². The second-order valence-electron chi connectivity index (χ2n) is 8.14. The minimum Gasteiger partial charge on any atom is -0.330 e. The molecule has 0 spiro atoms. The molecule has 0 saturated carbocycles. The Morgan fingerprint density at radius 2 is 1.63 bits per heavy atom. The van der Waals surface area contributed by atoms with Gasteiger partial charge in [-0.3, -0.25) is 4.90 Å². The standard InChI is InChI=1S/C26H28N4/c27-15-5-16-30-25-9-4-3-8-24(25)28-26(30)22-12-10-20(11-13-22)18-29-17-14-21-6-1-2-7-23(21)19-29/h1-4,6-13H,5,14-19,27H2. The summed E-state index contributed by atoms with van der Waals surface area (Å²) in [5, 5.41) is 0. The first-order chi connectivity index (χ1) is 14.8. The van der Waals surface area contributed by atoms with Crippen molar-refractivity contribution < 1.29 is 0 Å². The van der Waals surface area contributed by atoms with E-state index in [1.165, 1.54) is 22.2 Å². The molecule has 4 nitrogen and oxygen atoms in total. The number of aromatic nitrogens is 2. The Kier molecular flexibility index (Phi) is 5.35. The lowest BCUT2D eigenvalue weighted by molar-refractivity contribution is 0.245. The highest BCUT2D eigenvalue weighted by atomic mass is 15.1. The normalized spacial score (nSPS) is 14.2. The number of imidazole rings is 1. The first kappa shape index (κ1) is 19.0. The molecule has 4 heteroatoms. The highest BCUT2D eigenvalue weighted by Gasteiger charge is 2.16. The van der Waals surface area contributed by atoms with Crippen molar-refractivity contribution in [2.75, 3.05) is 13.1 Å². The number of nitrogens with two attached hydrogens (primary N) is 1. The summed E-state index contributed by atoms with van der Waals surface area (Å²) in [5.74, 6) is 1.03. The number of hydrogen-bond acceptors (Lipinski definition) is 3. The molecular weight excluding hydrogens is 368 g/mol. The first-order valence-electron chi connectivity index (χ1n) is 10.9. The van der Waals surface area contributed by atoms with Crippen LogP contribution in [0.25, 0.3) is 22.4 Å². The van der Waals surface area contributed by atoms with Gasteiger partial charge in [0.2, 0.25) is 0 Å². The molecule has 0 atom stereocenters. The molecule has 0 aliphatic carbocycles. The number of fused-ring (bicyclic) bond motifs is 2. The minimum absolute atomic E-state index is 0.684. The molecule has 0 radical (unpaired) electrons. The van der Waals surface area contributed by atoms with E-state index in [0.717, 1.165) is 55.9 Å². The molecule has 1 aliphatic rings. The van der Waals surface area contributed by atoms with Gasteiger partial charge in [-0.1, -0.05) is 60.7 Å². The van der Waals surface area contributed by atoms with Gasteiger partial charge >= 0.3 is 0 Å². The zero-order valence-corrected chi connectivity index (χ0v) is 17.3. The Labute approximate surface area is 178 Å². The Morgan fingerprint density at radius 1 is 0.867 bits per heavy atom. The maximum absolute atomic E-state index is 5.78. The fraction of sp³-hybridized carbons (Fsp3) is 0.269. The van der Waals surface area contributed by atoms with Crippen molar-refractivity contribution in [2.24, 2.45) is 5.73 Å². The Morgan fingerprint density at radius 3 is 2.47 bits per heavy atom. The maximum atomic E-state index is 5.78. The summed E-state index contributed by atoms with van der Waals surface area (Å²) in [4.78, 5) is 7.45. The van der Waals surface area contributed by atoms with Gasteiger partial charge in [0.25, 0.3) is 0 Å². The first-order valence-corrected chi connectivity index (χ1v) is 10.9. The zero-order valence-electron chi connectivity index (χ0n) is 17.3. The molecule has 0 amide bonds. The predicted molar refractivity (Wildman–Crippen MR) is 123 cm³/mol. The van der Waals surface area contributed by atoms with E-state index in [2.05, 4.69) is 76.2 Å². The largest absolute Gasteiger partial charge is 0.330 e. The third-order valence-corrected chi connectivity index (χ3v) is 6.07. The summed E-state index contributed by atoms with van der Waals surface area (Å²) in [6.45, 7) is 4.71. The monoisotopic (exact) mass is 396 g/mol. The van der Waals surface area contributed by atoms with E-state index in [-0.39, 0.29) is 0 Å². The van der Waals surface area contributed by atoms with Crippen molar-refractivity contribution in [1.29, 1.82) is 0 Å². The lowest BCUT2D eigenvalue weighted by Crippen LogP contribution is -2.29. The summed E-state index contributed by atoms with van der Waals surface area (Å²) in [6.07, 6.45) is 2.08. The van der Waals surface area contributed by atoms with Crippen molar-refractivity contribution in [3.05, 3.63) is 89.5 Å². The second kappa shape index (κ2) is 8.42. The molecule has 0 fully saturated rings. The van der Waals surface area contributed by atoms with Gasteiger partial charge in [0.15, 0.2) is 0 Å². The topological polar surface area (TPSA) is 47.1 Å². The van der Waals surface area contributed by atoms with Gasteiger partial charge in [0.05, 0.1) is 11.0 Å². The Balaban J connectivity index is 1.37. The van der Waals surface area contributed by atoms with Crippen molar-refractivity contribution >= 4 is 11.0 Å². The molecule has 4 aromatic rings. The van der Waals surface area contributed by atoms with Crippen LogP contribution >= 0.6 is 0 Å². The third-order valence-electron chi connectivity index (χ3n) is 6.07. The SMILES string of the molecule is NCCCn1c(-c2ccc(CN3CCc4ccccc4C3)cc2)nc2ccccc21. The van der Waals surface area contributed by atoms with Crippen molar-refractivity contribution in [2.45, 2.75) is 32.5 Å². The average molecular weight is 397 g/mol. The van der Waals surface area contributed by atoms with Crippen LogP contribution in [0.5, 0.6) is 0 Å². The molecule has 5 rings (SSSR count). The van der Waals surface area contributed by atoms with Crippen LogP contribution in [0.15, 0.2) is 72.8 Å². The fourth-order valence-corrected chi connectivity index (χ4v) is 4.48. The van der Waals surface area contributed by atoms with E-state index in [1.54, 1.807) is 0 Å². The van der Waals surface area contributed by atoms with Crippen molar-refractivity contribution in [3.63, 3.8) is 0 Å². The van der Waals surface area contributed by atoms with Crippen LogP contribution in [-0.2, 0) is 26.1 Å². The molecule has 2 heterocycles. The zero-order chi connectivity index (χ0) is 20.3. The molecule has 0 unspecified atom stereocenters. The van der Waals surface area contributed by atoms with Crippen LogP contribution in [0.2, 0.25) is 0 Å². The third kappa shape index (κ3) is 3.76. The highest BCUT2D eigenvalue weighted by Crippen LogP contribution is 2.26. The summed E-state index contributed by atoms with van der Waals surface area (Å²) >= 11 is 0. The van der Waals surface area contributed by atoms with Gasteiger partial charge in [-0.25, -0.2) is 4.98 Å². The van der Waals surface area contributed by atoms with Gasteiger partial charge in [0.1, 0.15) is 5.82 Å². The molecule has 0 saturated heterocycles. The number of hydrogen-bond donors (Lipinski definition) is 1. The number of aryl methyl sites for hydroxylation is 1. The summed E-state index contributed by atoms with van der Waals surface area (Å²) in [7, 11) is 0. The number of benzene rings is 3. The van der Waals surface area contributed by atoms with E-state index in [0.29, 0.717) is 6.54 Å². The molecule has 1 aliphatic heterocycles. The van der Waals surface area contributed by atoms with Crippen LogP contribution in [0.4, 0.5) is 0 Å². The van der Waals surface area contributed by atoms with Crippen LogP contribution in [0.1, 0.15) is 23.1 Å². The van der Waals surface area contributed by atoms with Crippen LogP contribution in [0.3, 0.4) is 0 Å². The second-order valence-corrected chi connectivity index (χ2v) is 8.14. The minimum atomic E-state index is 0.684. The molecule has 30 heavy (non-hydrogen) atoms. The van der Waals surface area contributed by atoms with Gasteiger partial charge in [-0.15, -0.1) is 0 Å². The molecule has 0 bridgehead atoms. The van der Waals surface area contributed by atoms with Crippen LogP contribution < -0.4 is 5.73 Å². The van der Waals surface area contributed by atoms with E-state index in [9.17, 15) is 0 Å². The van der Waals surface area contributed by atoms with E-state index >= 15 is 0 Å². The van der Waals surface area contributed by atoms with E-state index in [4.69, 9.17) is 10.7 Å². The predicted octanol–water partition coefficient (Wildman–Crippen LogP) is 4.61. The lowest BCUT2D eigenvalue weighted by Gasteiger charge is -2.28. The summed E-state index contributed by atoms with van der Waals surface area (Å²) in [6, 6.07) is 26.1. The van der Waals surface area contributed by atoms with Crippen molar-refractivity contribution in [3.8, 4) is 11.4 Å². The maximum Gasteiger partial charge on any atom is 0.141 e. The average Bonchev–Trinajstić information content (AvgIpc) is 3.16. The Hall–Kier alpha value is -2.95. The van der Waals surface area contributed by atoms with Gasteiger partial charge in [-0.05, 0) is 48.2 Å². The van der Waals surface area contributed by atoms with Crippen LogP contribution in [-0.4, -0.2) is 27.5 Å². The lowest BCUT2D eigenvalue weighted by atomic mass is 9.99. The number of nitrogens with zero attached hydrogens (tertiary/aromatic N) is 3. The molecule has 1 aromatic heterocycles. The number of para-hydroxylation sites is 2. The Bertz CT molecular complexity index is 1140. The fourth-order valence-electron chi connectivity index (χ4n) is 4.48. The summed E-state index contributed by atoms with van der Waals surface area (Å²) in [5.41, 5.74) is 13.5. The van der Waals surface area contributed by atoms with Gasteiger partial charge in [-0.2, -0.15) is 0 Å². The summed E-state index contributed by atoms with van der Waals surface area (Å²) < 4.78 is 2.30. The molecule has 152 valence electrons. The van der Waals surface area contributed by atoms with Gasteiger partial charge < -0.3 is 10.3 Å². The van der Waals surface area contributed by atoms with E-state index < -0.39 is 0 Å². The number of rotatable bonds is 6. The highest BCUT2D eigenvalue weighted by molar-refractivity contribution is 5.80. The quantitative estimate of drug-likeness (QED) is 0.518. The molecule has 3 aromatic carbocycles.